The van der Waals surface area contributed by atoms with Crippen LogP contribution in [0.15, 0.2) is 0 Å². The van der Waals surface area contributed by atoms with E-state index in [9.17, 15) is 0 Å². The summed E-state index contributed by atoms with van der Waals surface area (Å²) in [6.45, 7) is 4.58. The van der Waals surface area contributed by atoms with Crippen LogP contribution in [0.2, 0.25) is 6.04 Å². The molecular weight excluding hydrogens is 450 g/mol. The zero-order valence-corrected chi connectivity index (χ0v) is 25.1. The minimum Gasteiger partial charge on any atom is -0.377 e. The van der Waals surface area contributed by atoms with Gasteiger partial charge in [-0.25, -0.2) is 0 Å². The molecule has 0 aromatic rings. The van der Waals surface area contributed by atoms with Crippen LogP contribution >= 0.6 is 12.4 Å². The number of nitrogens with one attached hydrogen (secondary N) is 1. The van der Waals surface area contributed by atoms with Crippen molar-refractivity contribution in [3.05, 3.63) is 0 Å². The Morgan fingerprint density at radius 2 is 0.879 bits per heavy atom. The summed E-state index contributed by atoms with van der Waals surface area (Å²) >= 11 is 0. The summed E-state index contributed by atoms with van der Waals surface area (Å²) in [5.41, 5.74) is 0.179. The molecule has 202 valence electrons. The van der Waals surface area contributed by atoms with Gasteiger partial charge in [0.25, 0.3) is 0 Å². The number of hydrogen-bond donors (Lipinski definition) is 1. The fraction of sp³-hybridized carbons (Fsp3) is 1.00. The number of unbranched alkanes of at least 4 members (excludes halogenated alkanes) is 14. The van der Waals surface area contributed by atoms with Crippen molar-refractivity contribution >= 4 is 21.2 Å². The summed E-state index contributed by atoms with van der Waals surface area (Å²) in [7, 11) is 4.83. The molecule has 4 nitrogen and oxygen atoms in total. The standard InChI is InChI=1S/C27H59NO3Si.ClH/c1-7-9-11-13-15-17-19-21-23-27(28-3,25-26-32(29-4,30-5)31-6)24-22-20-18-16-14-12-10-8-2;/h28H,7-26H2,1-6H3;1H. The van der Waals surface area contributed by atoms with Crippen molar-refractivity contribution in [3.63, 3.8) is 0 Å². The molecule has 0 aromatic carbocycles. The van der Waals surface area contributed by atoms with Crippen LogP contribution in [0.3, 0.4) is 0 Å². The molecule has 0 rings (SSSR count). The summed E-state index contributed by atoms with van der Waals surface area (Å²) in [6, 6.07) is 0.880. The van der Waals surface area contributed by atoms with E-state index in [1.807, 2.05) is 0 Å². The molecule has 0 heterocycles. The monoisotopic (exact) mass is 509 g/mol. The van der Waals surface area contributed by atoms with Crippen LogP contribution in [0.4, 0.5) is 0 Å². The molecule has 6 heteroatoms. The topological polar surface area (TPSA) is 39.7 Å². The van der Waals surface area contributed by atoms with E-state index in [2.05, 4.69) is 26.2 Å². The first-order chi connectivity index (χ1) is 15.6. The maximum Gasteiger partial charge on any atom is 0.500 e. The second-order valence-corrected chi connectivity index (χ2v) is 12.9. The molecule has 0 bridgehead atoms. The van der Waals surface area contributed by atoms with Crippen LogP contribution in [0, 0.1) is 0 Å². The molecule has 0 aliphatic carbocycles. The van der Waals surface area contributed by atoms with Gasteiger partial charge in [0.1, 0.15) is 0 Å². The highest BCUT2D eigenvalue weighted by Crippen LogP contribution is 2.31. The Kier molecular flexibility index (Phi) is 25.9. The lowest BCUT2D eigenvalue weighted by Gasteiger charge is -2.36. The zero-order chi connectivity index (χ0) is 24.0. The molecule has 1 N–H and O–H groups in total. The first-order valence-corrected chi connectivity index (χ1v) is 15.8. The van der Waals surface area contributed by atoms with E-state index < -0.39 is 8.80 Å². The lowest BCUT2D eigenvalue weighted by Crippen LogP contribution is -2.48. The highest BCUT2D eigenvalue weighted by atomic mass is 35.5. The molecule has 0 unspecified atom stereocenters. The molecule has 0 fully saturated rings. The molecule has 0 amide bonds. The predicted molar refractivity (Wildman–Crippen MR) is 150 cm³/mol. The van der Waals surface area contributed by atoms with Gasteiger partial charge in [-0.15, -0.1) is 12.4 Å². The quantitative estimate of drug-likeness (QED) is 0.0986. The van der Waals surface area contributed by atoms with Crippen LogP contribution in [0.5, 0.6) is 0 Å². The summed E-state index contributed by atoms with van der Waals surface area (Å²) in [5.74, 6) is 0. The fourth-order valence-corrected chi connectivity index (χ4v) is 6.79. The second kappa shape index (κ2) is 24.1. The Morgan fingerprint density at radius 3 is 1.18 bits per heavy atom. The average Bonchev–Trinajstić information content (AvgIpc) is 2.83. The van der Waals surface area contributed by atoms with E-state index in [0.717, 1.165) is 12.5 Å². The third-order valence-corrected chi connectivity index (χ3v) is 10.1. The summed E-state index contributed by atoms with van der Waals surface area (Å²) < 4.78 is 17.2. The van der Waals surface area contributed by atoms with Crippen molar-refractivity contribution < 1.29 is 13.3 Å². The van der Waals surface area contributed by atoms with Gasteiger partial charge in [-0.3, -0.25) is 0 Å². The van der Waals surface area contributed by atoms with Gasteiger partial charge in [0, 0.05) is 32.9 Å². The molecule has 0 radical (unpaired) electrons. The lowest BCUT2D eigenvalue weighted by molar-refractivity contribution is 0.117. The van der Waals surface area contributed by atoms with E-state index in [-0.39, 0.29) is 17.9 Å². The van der Waals surface area contributed by atoms with E-state index in [1.54, 1.807) is 21.3 Å². The van der Waals surface area contributed by atoms with Gasteiger partial charge >= 0.3 is 8.80 Å². The third-order valence-electron chi connectivity index (χ3n) is 7.39. The van der Waals surface area contributed by atoms with Crippen molar-refractivity contribution in [2.24, 2.45) is 0 Å². The van der Waals surface area contributed by atoms with Crippen molar-refractivity contribution in [2.45, 2.75) is 147 Å². The van der Waals surface area contributed by atoms with Crippen LogP contribution in [-0.2, 0) is 13.3 Å². The van der Waals surface area contributed by atoms with Gasteiger partial charge in [0.05, 0.1) is 0 Å². The Bertz CT molecular complexity index is 369. The Labute approximate surface area is 215 Å². The fourth-order valence-electron chi connectivity index (χ4n) is 4.89. The van der Waals surface area contributed by atoms with E-state index in [1.165, 1.54) is 116 Å². The average molecular weight is 510 g/mol. The van der Waals surface area contributed by atoms with Gasteiger partial charge in [-0.2, -0.15) is 0 Å². The molecule has 0 spiro atoms. The van der Waals surface area contributed by atoms with Crippen molar-refractivity contribution in [1.29, 1.82) is 0 Å². The Hall–Kier alpha value is 0.347. The minimum atomic E-state index is -2.53. The summed E-state index contributed by atoms with van der Waals surface area (Å²) in [6.07, 6.45) is 25.6. The van der Waals surface area contributed by atoms with Crippen molar-refractivity contribution in [3.8, 4) is 0 Å². The maximum atomic E-state index is 5.72. The molecule has 0 aromatic heterocycles. The smallest absolute Gasteiger partial charge is 0.377 e. The third kappa shape index (κ3) is 17.4. The van der Waals surface area contributed by atoms with Crippen LogP contribution in [0.1, 0.15) is 136 Å². The van der Waals surface area contributed by atoms with Crippen molar-refractivity contribution in [1.82, 2.24) is 5.32 Å². The number of hydrogen-bond acceptors (Lipinski definition) is 4. The summed E-state index contributed by atoms with van der Waals surface area (Å²) in [5, 5.41) is 3.75. The largest absolute Gasteiger partial charge is 0.500 e. The van der Waals surface area contributed by atoms with Gasteiger partial charge in [-0.05, 0) is 26.3 Å². The predicted octanol–water partition coefficient (Wildman–Crippen LogP) is 8.70. The molecule has 33 heavy (non-hydrogen) atoms. The highest BCUT2D eigenvalue weighted by molar-refractivity contribution is 6.60. The SMILES string of the molecule is CCCCCCCCCCC(CCCCCCCCCC)(CC[Si](OC)(OC)OC)NC.Cl. The van der Waals surface area contributed by atoms with E-state index in [4.69, 9.17) is 13.3 Å². The molecule has 0 aliphatic heterocycles. The maximum absolute atomic E-state index is 5.72. The molecule has 0 saturated carbocycles. The van der Waals surface area contributed by atoms with Gasteiger partial charge in [0.2, 0.25) is 0 Å². The van der Waals surface area contributed by atoms with Crippen LogP contribution in [0.25, 0.3) is 0 Å². The second-order valence-electron chi connectivity index (χ2n) is 9.78. The highest BCUT2D eigenvalue weighted by Gasteiger charge is 2.41. The van der Waals surface area contributed by atoms with Gasteiger partial charge in [-0.1, -0.05) is 117 Å². The first-order valence-electron chi connectivity index (χ1n) is 13.9. The lowest BCUT2D eigenvalue weighted by atomic mass is 9.84. The van der Waals surface area contributed by atoms with E-state index in [0.29, 0.717) is 0 Å². The zero-order valence-electron chi connectivity index (χ0n) is 23.3. The normalized spacial score (nSPS) is 12.2. The Morgan fingerprint density at radius 1 is 0.545 bits per heavy atom. The van der Waals surface area contributed by atoms with Crippen LogP contribution < -0.4 is 5.32 Å². The minimum absolute atomic E-state index is 0. The molecule has 0 aliphatic rings. The first kappa shape index (κ1) is 35.5. The summed E-state index contributed by atoms with van der Waals surface area (Å²) in [4.78, 5) is 0. The Balaban J connectivity index is 0. The number of halogens is 1. The van der Waals surface area contributed by atoms with Crippen molar-refractivity contribution in [2.75, 3.05) is 28.4 Å². The van der Waals surface area contributed by atoms with Gasteiger partial charge < -0.3 is 18.6 Å². The van der Waals surface area contributed by atoms with E-state index >= 15 is 0 Å². The molecule has 0 saturated heterocycles. The van der Waals surface area contributed by atoms with Gasteiger partial charge in [0.15, 0.2) is 0 Å². The molecule has 0 atom stereocenters. The molecular formula is C27H60ClNO3Si. The number of rotatable bonds is 25. The van der Waals surface area contributed by atoms with Crippen LogP contribution in [-0.4, -0.2) is 42.7 Å².